The highest BCUT2D eigenvalue weighted by Gasteiger charge is 2.25. The van der Waals surface area contributed by atoms with Crippen molar-refractivity contribution in [2.75, 3.05) is 18.4 Å². The first kappa shape index (κ1) is 21.0. The molecule has 0 bridgehead atoms. The number of benzene rings is 1. The number of hydrogen-bond donors (Lipinski definition) is 2. The van der Waals surface area contributed by atoms with E-state index in [1.807, 2.05) is 29.2 Å². The number of amides is 2. The van der Waals surface area contributed by atoms with Crippen LogP contribution in [0.2, 0.25) is 0 Å². The Labute approximate surface area is 172 Å². The average Bonchev–Trinajstić information content (AvgIpc) is 2.77. The van der Waals surface area contributed by atoms with Gasteiger partial charge in [-0.2, -0.15) is 0 Å². The van der Waals surface area contributed by atoms with E-state index in [0.717, 1.165) is 37.7 Å². The molecule has 1 aromatic heterocycles. The molecular weight excluding hydrogens is 364 g/mol. The highest BCUT2D eigenvalue weighted by molar-refractivity contribution is 6.04. The molecule has 3 N–H and O–H groups in total. The number of anilines is 1. The van der Waals surface area contributed by atoms with Crippen LogP contribution in [0.3, 0.4) is 0 Å². The van der Waals surface area contributed by atoms with Crippen molar-refractivity contribution in [1.29, 1.82) is 0 Å². The molecule has 6 nitrogen and oxygen atoms in total. The quantitative estimate of drug-likeness (QED) is 0.716. The summed E-state index contributed by atoms with van der Waals surface area (Å²) in [5.74, 6) is 0.197. The number of aromatic nitrogens is 1. The fraction of sp³-hybridized carbons (Fsp3) is 0.435. The molecule has 1 saturated carbocycles. The Balaban J connectivity index is 1.68. The molecule has 1 fully saturated rings. The fourth-order valence-corrected chi connectivity index (χ4v) is 3.83. The molecule has 2 amide bonds. The number of hydrogen-bond acceptors (Lipinski definition) is 4. The Morgan fingerprint density at radius 3 is 2.59 bits per heavy atom. The first-order chi connectivity index (χ1) is 14.2. The number of carbonyl (C=O) groups is 2. The summed E-state index contributed by atoms with van der Waals surface area (Å²) in [4.78, 5) is 31.3. The maximum Gasteiger partial charge on any atom is 0.255 e. The van der Waals surface area contributed by atoms with Gasteiger partial charge in [0.25, 0.3) is 5.91 Å². The maximum absolute atomic E-state index is 13.1. The second-order valence-electron chi connectivity index (χ2n) is 7.63. The largest absolute Gasteiger partial charge is 0.338 e. The highest BCUT2D eigenvalue weighted by atomic mass is 16.2. The third kappa shape index (κ3) is 6.12. The Hall–Kier alpha value is -2.73. The summed E-state index contributed by atoms with van der Waals surface area (Å²) in [6.45, 7) is 1.77. The van der Waals surface area contributed by atoms with Crippen LogP contribution >= 0.6 is 0 Å². The van der Waals surface area contributed by atoms with Crippen LogP contribution in [0.5, 0.6) is 0 Å². The smallest absolute Gasteiger partial charge is 0.255 e. The van der Waals surface area contributed by atoms with Gasteiger partial charge in [-0.25, -0.2) is 0 Å². The molecule has 0 radical (unpaired) electrons. The molecule has 1 aromatic carbocycles. The van der Waals surface area contributed by atoms with Gasteiger partial charge >= 0.3 is 0 Å². The van der Waals surface area contributed by atoms with E-state index in [1.54, 1.807) is 24.5 Å². The van der Waals surface area contributed by atoms with E-state index in [9.17, 15) is 9.59 Å². The summed E-state index contributed by atoms with van der Waals surface area (Å²) in [7, 11) is 0. The molecule has 0 saturated heterocycles. The highest BCUT2D eigenvalue weighted by Crippen LogP contribution is 2.26. The second-order valence-corrected chi connectivity index (χ2v) is 7.63. The third-order valence-corrected chi connectivity index (χ3v) is 5.40. The number of nitrogens with two attached hydrogens (primary N) is 1. The maximum atomic E-state index is 13.1. The Morgan fingerprint density at radius 2 is 1.86 bits per heavy atom. The van der Waals surface area contributed by atoms with Gasteiger partial charge in [0.05, 0.1) is 0 Å². The van der Waals surface area contributed by atoms with Crippen molar-refractivity contribution in [1.82, 2.24) is 9.88 Å². The van der Waals surface area contributed by atoms with Crippen LogP contribution in [0.15, 0.2) is 48.8 Å². The van der Waals surface area contributed by atoms with Gasteiger partial charge in [0.2, 0.25) is 5.91 Å². The van der Waals surface area contributed by atoms with Gasteiger partial charge in [0, 0.05) is 42.7 Å². The van der Waals surface area contributed by atoms with E-state index in [4.69, 9.17) is 5.73 Å². The van der Waals surface area contributed by atoms with E-state index >= 15 is 0 Å². The van der Waals surface area contributed by atoms with Crippen LogP contribution < -0.4 is 11.1 Å². The van der Waals surface area contributed by atoms with Gasteiger partial charge in [-0.05, 0) is 55.6 Å². The normalized spacial score (nSPS) is 14.4. The molecule has 0 spiro atoms. The minimum absolute atomic E-state index is 0.135. The van der Waals surface area contributed by atoms with Gasteiger partial charge in [0.1, 0.15) is 0 Å². The van der Waals surface area contributed by atoms with E-state index in [0.29, 0.717) is 30.9 Å². The van der Waals surface area contributed by atoms with Gasteiger partial charge in [-0.15, -0.1) is 0 Å². The number of nitrogens with zero attached hydrogens (tertiary/aromatic N) is 2. The van der Waals surface area contributed by atoms with Crippen molar-refractivity contribution in [2.24, 2.45) is 11.7 Å². The van der Waals surface area contributed by atoms with Gasteiger partial charge < -0.3 is 16.0 Å². The molecule has 154 valence electrons. The summed E-state index contributed by atoms with van der Waals surface area (Å²) < 4.78 is 0. The van der Waals surface area contributed by atoms with Crippen LogP contribution in [0, 0.1) is 5.92 Å². The predicted octanol–water partition coefficient (Wildman–Crippen LogP) is 3.59. The van der Waals surface area contributed by atoms with E-state index in [-0.39, 0.29) is 17.7 Å². The first-order valence-corrected chi connectivity index (χ1v) is 10.5. The zero-order valence-corrected chi connectivity index (χ0v) is 16.8. The fourth-order valence-electron chi connectivity index (χ4n) is 3.83. The van der Waals surface area contributed by atoms with Crippen molar-refractivity contribution >= 4 is 17.5 Å². The van der Waals surface area contributed by atoms with Gasteiger partial charge in [-0.1, -0.05) is 31.4 Å². The minimum Gasteiger partial charge on any atom is -0.338 e. The lowest BCUT2D eigenvalue weighted by Gasteiger charge is -2.29. The summed E-state index contributed by atoms with van der Waals surface area (Å²) in [5.41, 5.74) is 7.97. The zero-order valence-electron chi connectivity index (χ0n) is 16.8. The zero-order chi connectivity index (χ0) is 20.5. The molecule has 2 aromatic rings. The molecule has 0 aliphatic heterocycles. The molecule has 1 aliphatic carbocycles. The lowest BCUT2D eigenvalue weighted by molar-refractivity contribution is -0.137. The summed E-state index contributed by atoms with van der Waals surface area (Å²) >= 11 is 0. The van der Waals surface area contributed by atoms with Crippen LogP contribution in [-0.4, -0.2) is 34.8 Å². The SMILES string of the molecule is NCCCN(Cc1cccc(NC(=O)c2ccncc2)c1)C(=O)C1CCCCC1. The number of pyridine rings is 1. The van der Waals surface area contributed by atoms with Crippen LogP contribution in [-0.2, 0) is 11.3 Å². The number of rotatable bonds is 8. The third-order valence-electron chi connectivity index (χ3n) is 5.40. The van der Waals surface area contributed by atoms with Crippen molar-refractivity contribution in [3.8, 4) is 0 Å². The molecule has 3 rings (SSSR count). The first-order valence-electron chi connectivity index (χ1n) is 10.5. The van der Waals surface area contributed by atoms with Crippen LogP contribution in [0.1, 0.15) is 54.4 Å². The van der Waals surface area contributed by atoms with E-state index in [1.165, 1.54) is 6.42 Å². The minimum atomic E-state index is -0.178. The Kier molecular flexibility index (Phi) is 7.76. The Morgan fingerprint density at radius 1 is 1.10 bits per heavy atom. The molecule has 0 unspecified atom stereocenters. The Bertz CT molecular complexity index is 804. The average molecular weight is 395 g/mol. The van der Waals surface area contributed by atoms with Crippen molar-refractivity contribution in [3.05, 3.63) is 59.9 Å². The molecule has 6 heteroatoms. The molecule has 1 aliphatic rings. The molecule has 29 heavy (non-hydrogen) atoms. The van der Waals surface area contributed by atoms with Crippen molar-refractivity contribution in [2.45, 2.75) is 45.1 Å². The number of carbonyl (C=O) groups excluding carboxylic acids is 2. The van der Waals surface area contributed by atoms with Crippen LogP contribution in [0.25, 0.3) is 0 Å². The van der Waals surface area contributed by atoms with E-state index in [2.05, 4.69) is 10.3 Å². The van der Waals surface area contributed by atoms with Gasteiger partial charge in [0.15, 0.2) is 0 Å². The van der Waals surface area contributed by atoms with E-state index < -0.39 is 0 Å². The van der Waals surface area contributed by atoms with Gasteiger partial charge in [-0.3, -0.25) is 14.6 Å². The summed E-state index contributed by atoms with van der Waals surface area (Å²) in [6, 6.07) is 11.0. The predicted molar refractivity (Wildman–Crippen MR) is 114 cm³/mol. The number of nitrogens with one attached hydrogen (secondary N) is 1. The van der Waals surface area contributed by atoms with Crippen LogP contribution in [0.4, 0.5) is 5.69 Å². The topological polar surface area (TPSA) is 88.3 Å². The molecule has 1 heterocycles. The summed E-state index contributed by atoms with van der Waals surface area (Å²) in [5, 5.41) is 2.92. The standard InChI is InChI=1S/C23H30N4O2/c24-12-5-15-27(23(29)20-7-2-1-3-8-20)17-18-6-4-9-21(16-18)26-22(28)19-10-13-25-14-11-19/h4,6,9-11,13-14,16,20H,1-3,5,7-8,12,15,17,24H2,(H,26,28). The molecular formula is C23H30N4O2. The monoisotopic (exact) mass is 394 g/mol. The van der Waals surface area contributed by atoms with Crippen molar-refractivity contribution in [3.63, 3.8) is 0 Å². The lowest BCUT2D eigenvalue weighted by Crippen LogP contribution is -2.37. The molecule has 0 atom stereocenters. The second kappa shape index (κ2) is 10.7. The lowest BCUT2D eigenvalue weighted by atomic mass is 9.88. The summed E-state index contributed by atoms with van der Waals surface area (Å²) in [6.07, 6.45) is 9.45. The van der Waals surface area contributed by atoms with Crippen molar-refractivity contribution < 1.29 is 9.59 Å².